The number of carbonyl (C=O) groups excluding carboxylic acids is 1. The predicted octanol–water partition coefficient (Wildman–Crippen LogP) is 4.41. The molecule has 0 heterocycles. The Balaban J connectivity index is 1.81. The number of hydrogen-bond acceptors (Lipinski definition) is 3. The molecule has 3 aromatic rings. The Morgan fingerprint density at radius 1 is 1.00 bits per heavy atom. The Morgan fingerprint density at radius 2 is 1.63 bits per heavy atom. The summed E-state index contributed by atoms with van der Waals surface area (Å²) in [6.07, 6.45) is 0. The number of amides is 1. The van der Waals surface area contributed by atoms with E-state index in [2.05, 4.69) is 4.72 Å². The highest BCUT2D eigenvalue weighted by Crippen LogP contribution is 2.22. The maximum Gasteiger partial charge on any atom is 0.259 e. The number of rotatable bonds is 7. The van der Waals surface area contributed by atoms with Gasteiger partial charge in [0, 0.05) is 18.8 Å². The summed E-state index contributed by atoms with van der Waals surface area (Å²) in [5.41, 5.74) is 1.64. The number of sulfonamides is 1. The van der Waals surface area contributed by atoms with Gasteiger partial charge in [-0.3, -0.25) is 4.79 Å². The van der Waals surface area contributed by atoms with Crippen LogP contribution in [0.1, 0.15) is 15.9 Å². The molecule has 0 radical (unpaired) electrons. The molecule has 3 aromatic carbocycles. The van der Waals surface area contributed by atoms with Crippen LogP contribution in [0.15, 0.2) is 77.7 Å². The Kier molecular flexibility index (Phi) is 6.87. The summed E-state index contributed by atoms with van der Waals surface area (Å²) in [6.45, 7) is 1.86. The summed E-state index contributed by atoms with van der Waals surface area (Å²) in [6, 6.07) is 18.4. The molecule has 0 atom stereocenters. The molecule has 0 bridgehead atoms. The average Bonchev–Trinajstić information content (AvgIpc) is 2.72. The molecule has 3 rings (SSSR count). The average molecular weight is 447 g/mol. The van der Waals surface area contributed by atoms with E-state index in [-0.39, 0.29) is 28.6 Å². The van der Waals surface area contributed by atoms with Crippen molar-refractivity contribution in [2.75, 3.05) is 18.0 Å². The van der Waals surface area contributed by atoms with E-state index in [1.165, 1.54) is 41.3 Å². The number of anilines is 1. The third kappa shape index (κ3) is 5.24. The predicted molar refractivity (Wildman–Crippen MR) is 116 cm³/mol. The molecule has 30 heavy (non-hydrogen) atoms. The van der Waals surface area contributed by atoms with Gasteiger partial charge in [-0.05, 0) is 55.5 Å². The van der Waals surface area contributed by atoms with Crippen molar-refractivity contribution >= 4 is 33.2 Å². The summed E-state index contributed by atoms with van der Waals surface area (Å²) in [5, 5.41) is 0.273. The maximum absolute atomic E-state index is 13.3. The van der Waals surface area contributed by atoms with E-state index in [9.17, 15) is 17.6 Å². The van der Waals surface area contributed by atoms with Crippen LogP contribution in [0.3, 0.4) is 0 Å². The van der Waals surface area contributed by atoms with Gasteiger partial charge in [-0.1, -0.05) is 41.4 Å². The molecule has 0 aliphatic heterocycles. The lowest BCUT2D eigenvalue weighted by Gasteiger charge is -2.23. The second-order valence-corrected chi connectivity index (χ2v) is 8.80. The minimum atomic E-state index is -3.73. The first kappa shape index (κ1) is 22.0. The van der Waals surface area contributed by atoms with E-state index >= 15 is 0 Å². The van der Waals surface area contributed by atoms with Gasteiger partial charge in [-0.2, -0.15) is 0 Å². The largest absolute Gasteiger partial charge is 0.307 e. The molecule has 1 N–H and O–H groups in total. The van der Waals surface area contributed by atoms with Crippen LogP contribution < -0.4 is 9.62 Å². The van der Waals surface area contributed by atoms with Crippen molar-refractivity contribution in [1.29, 1.82) is 0 Å². The van der Waals surface area contributed by atoms with Crippen LogP contribution in [-0.2, 0) is 10.0 Å². The summed E-state index contributed by atoms with van der Waals surface area (Å²) in [5.74, 6) is -0.856. The molecule has 0 aliphatic rings. The Labute approximate surface area is 180 Å². The molecular weight excluding hydrogens is 427 g/mol. The zero-order valence-corrected chi connectivity index (χ0v) is 17.8. The molecule has 0 fully saturated rings. The molecule has 0 unspecified atom stereocenters. The monoisotopic (exact) mass is 446 g/mol. The molecule has 0 spiro atoms. The topological polar surface area (TPSA) is 66.5 Å². The van der Waals surface area contributed by atoms with Gasteiger partial charge in [0.15, 0.2) is 0 Å². The van der Waals surface area contributed by atoms with E-state index < -0.39 is 21.7 Å². The van der Waals surface area contributed by atoms with Crippen molar-refractivity contribution < 1.29 is 17.6 Å². The minimum absolute atomic E-state index is 0.0286. The van der Waals surface area contributed by atoms with E-state index in [0.717, 1.165) is 5.56 Å². The van der Waals surface area contributed by atoms with Crippen molar-refractivity contribution in [3.8, 4) is 0 Å². The van der Waals surface area contributed by atoms with Crippen molar-refractivity contribution in [2.24, 2.45) is 0 Å². The molecule has 8 heteroatoms. The van der Waals surface area contributed by atoms with Crippen LogP contribution in [0.25, 0.3) is 0 Å². The van der Waals surface area contributed by atoms with Gasteiger partial charge in [-0.25, -0.2) is 17.5 Å². The quantitative estimate of drug-likeness (QED) is 0.584. The van der Waals surface area contributed by atoms with Crippen LogP contribution in [0.4, 0.5) is 10.1 Å². The smallest absolute Gasteiger partial charge is 0.259 e. The number of nitrogens with one attached hydrogen (secondary N) is 1. The summed E-state index contributed by atoms with van der Waals surface area (Å²) < 4.78 is 40.9. The third-order valence-corrected chi connectivity index (χ3v) is 6.25. The lowest BCUT2D eigenvalue weighted by Crippen LogP contribution is -2.38. The lowest BCUT2D eigenvalue weighted by molar-refractivity contribution is 0.0987. The highest BCUT2D eigenvalue weighted by molar-refractivity contribution is 7.89. The third-order valence-electron chi connectivity index (χ3n) is 4.45. The number of carbonyl (C=O) groups is 1. The van der Waals surface area contributed by atoms with Gasteiger partial charge >= 0.3 is 0 Å². The van der Waals surface area contributed by atoms with Crippen LogP contribution in [0.5, 0.6) is 0 Å². The zero-order chi connectivity index (χ0) is 21.7. The lowest BCUT2D eigenvalue weighted by atomic mass is 10.1. The van der Waals surface area contributed by atoms with E-state index in [1.54, 1.807) is 36.4 Å². The van der Waals surface area contributed by atoms with Crippen LogP contribution in [0, 0.1) is 12.7 Å². The molecular formula is C22H20ClFN2O3S. The molecule has 1 amide bonds. The van der Waals surface area contributed by atoms with Gasteiger partial charge < -0.3 is 4.90 Å². The Morgan fingerprint density at radius 3 is 2.27 bits per heavy atom. The van der Waals surface area contributed by atoms with E-state index in [0.29, 0.717) is 5.69 Å². The Hall–Kier alpha value is -2.74. The first-order chi connectivity index (χ1) is 14.3. The van der Waals surface area contributed by atoms with Crippen molar-refractivity contribution in [3.05, 3.63) is 94.8 Å². The molecule has 0 aliphatic carbocycles. The minimum Gasteiger partial charge on any atom is -0.307 e. The highest BCUT2D eigenvalue weighted by Gasteiger charge is 2.21. The van der Waals surface area contributed by atoms with Crippen molar-refractivity contribution in [3.63, 3.8) is 0 Å². The van der Waals surface area contributed by atoms with Crippen molar-refractivity contribution in [1.82, 2.24) is 4.72 Å². The number of halogens is 2. The van der Waals surface area contributed by atoms with E-state index in [4.69, 9.17) is 11.6 Å². The number of benzene rings is 3. The summed E-state index contributed by atoms with van der Waals surface area (Å²) >= 11 is 6.16. The fourth-order valence-corrected chi connectivity index (χ4v) is 4.08. The van der Waals surface area contributed by atoms with Gasteiger partial charge in [-0.15, -0.1) is 0 Å². The van der Waals surface area contributed by atoms with Crippen LogP contribution >= 0.6 is 11.6 Å². The highest BCUT2D eigenvalue weighted by atomic mass is 35.5. The molecule has 0 saturated carbocycles. The van der Waals surface area contributed by atoms with Crippen LogP contribution in [0.2, 0.25) is 5.02 Å². The second-order valence-electron chi connectivity index (χ2n) is 6.62. The maximum atomic E-state index is 13.3. The first-order valence-electron chi connectivity index (χ1n) is 9.16. The van der Waals surface area contributed by atoms with Gasteiger partial charge in [0.25, 0.3) is 5.91 Å². The standard InChI is InChI=1S/C22H20ClFN2O3S/c1-16-6-12-19(13-7-16)30(28,29)25-14-15-26(18-10-8-17(24)9-11-18)22(27)20-4-2-3-5-21(20)23/h2-13,25H,14-15H2,1H3. The fraction of sp³-hybridized carbons (Fsp3) is 0.136. The number of hydrogen-bond donors (Lipinski definition) is 1. The second kappa shape index (κ2) is 9.38. The number of aryl methyl sites for hydroxylation is 1. The van der Waals surface area contributed by atoms with Gasteiger partial charge in [0.2, 0.25) is 10.0 Å². The van der Waals surface area contributed by atoms with Gasteiger partial charge in [0.05, 0.1) is 15.5 Å². The SMILES string of the molecule is Cc1ccc(S(=O)(=O)NCCN(C(=O)c2ccccc2Cl)c2ccc(F)cc2)cc1. The molecule has 0 saturated heterocycles. The number of nitrogens with zero attached hydrogens (tertiary/aromatic N) is 1. The fourth-order valence-electron chi connectivity index (χ4n) is 2.84. The summed E-state index contributed by atoms with van der Waals surface area (Å²) in [7, 11) is -3.73. The zero-order valence-electron chi connectivity index (χ0n) is 16.2. The molecule has 5 nitrogen and oxygen atoms in total. The molecule has 156 valence electrons. The van der Waals surface area contributed by atoms with Crippen LogP contribution in [-0.4, -0.2) is 27.4 Å². The Bertz CT molecular complexity index is 1130. The first-order valence-corrected chi connectivity index (χ1v) is 11.0. The molecule has 0 aromatic heterocycles. The van der Waals surface area contributed by atoms with Gasteiger partial charge in [0.1, 0.15) is 5.82 Å². The summed E-state index contributed by atoms with van der Waals surface area (Å²) in [4.78, 5) is 14.6. The van der Waals surface area contributed by atoms with Crippen molar-refractivity contribution in [2.45, 2.75) is 11.8 Å². The van der Waals surface area contributed by atoms with E-state index in [1.807, 2.05) is 6.92 Å². The normalized spacial score (nSPS) is 11.3.